The van der Waals surface area contributed by atoms with E-state index in [2.05, 4.69) is 14.9 Å². The van der Waals surface area contributed by atoms with Gasteiger partial charge in [0.25, 0.3) is 0 Å². The van der Waals surface area contributed by atoms with E-state index in [-0.39, 0.29) is 30.2 Å². The lowest BCUT2D eigenvalue weighted by Crippen LogP contribution is -2.46. The highest BCUT2D eigenvalue weighted by Crippen LogP contribution is 2.26. The summed E-state index contributed by atoms with van der Waals surface area (Å²) in [7, 11) is 0. The van der Waals surface area contributed by atoms with E-state index in [1.54, 1.807) is 6.20 Å². The van der Waals surface area contributed by atoms with E-state index in [0.29, 0.717) is 6.54 Å². The number of aromatic nitrogens is 2. The number of amides is 2. The number of piperidine rings is 1. The van der Waals surface area contributed by atoms with Gasteiger partial charge in [-0.1, -0.05) is 0 Å². The lowest BCUT2D eigenvalue weighted by atomic mass is 10.0. The Kier molecular flexibility index (Phi) is 3.96. The predicted octanol–water partition coefficient (Wildman–Crippen LogP) is 0.0876. The first-order valence-electron chi connectivity index (χ1n) is 7.68. The van der Waals surface area contributed by atoms with Gasteiger partial charge >= 0.3 is 0 Å². The number of hydrogen-bond donors (Lipinski definition) is 1. The molecule has 1 unspecified atom stereocenters. The molecule has 2 saturated heterocycles. The Morgan fingerprint density at radius 2 is 2.09 bits per heavy atom. The molecular weight excluding hydrogens is 282 g/mol. The summed E-state index contributed by atoms with van der Waals surface area (Å²) in [4.78, 5) is 36.1. The number of anilines is 1. The first kappa shape index (κ1) is 14.7. The fourth-order valence-electron chi connectivity index (χ4n) is 3.24. The van der Waals surface area contributed by atoms with Gasteiger partial charge in [-0.25, -0.2) is 9.97 Å². The topological polar surface area (TPSA) is 92.4 Å². The average molecular weight is 303 g/mol. The van der Waals surface area contributed by atoms with Gasteiger partial charge in [0.05, 0.1) is 5.92 Å². The minimum atomic E-state index is -0.374. The van der Waals surface area contributed by atoms with Crippen LogP contribution in [0.2, 0.25) is 0 Å². The molecule has 1 aromatic rings. The minimum absolute atomic E-state index is 0.0501. The van der Waals surface area contributed by atoms with Crippen LogP contribution in [0.5, 0.6) is 0 Å². The number of hydrogen-bond acceptors (Lipinski definition) is 5. The lowest BCUT2D eigenvalue weighted by Gasteiger charge is -2.36. The van der Waals surface area contributed by atoms with Crippen LogP contribution in [-0.2, 0) is 9.59 Å². The van der Waals surface area contributed by atoms with Crippen LogP contribution in [0.15, 0.2) is 12.3 Å². The number of carbonyl (C=O) groups is 2. The summed E-state index contributed by atoms with van der Waals surface area (Å²) in [6.07, 6.45) is 3.77. The Balaban J connectivity index is 1.60. The van der Waals surface area contributed by atoms with E-state index in [9.17, 15) is 9.59 Å². The molecule has 0 saturated carbocycles. The molecule has 0 radical (unpaired) electrons. The van der Waals surface area contributed by atoms with Gasteiger partial charge in [0.1, 0.15) is 0 Å². The van der Waals surface area contributed by atoms with Crippen molar-refractivity contribution < 1.29 is 9.59 Å². The Morgan fingerprint density at radius 3 is 2.68 bits per heavy atom. The summed E-state index contributed by atoms with van der Waals surface area (Å²) >= 11 is 0. The molecule has 3 rings (SSSR count). The van der Waals surface area contributed by atoms with Crippen molar-refractivity contribution in [2.75, 3.05) is 24.5 Å². The number of rotatable bonds is 3. The Labute approximate surface area is 129 Å². The molecule has 0 bridgehead atoms. The van der Waals surface area contributed by atoms with Crippen LogP contribution in [-0.4, -0.2) is 52.4 Å². The van der Waals surface area contributed by atoms with Crippen LogP contribution < -0.4 is 10.6 Å². The van der Waals surface area contributed by atoms with Gasteiger partial charge in [0, 0.05) is 44.0 Å². The van der Waals surface area contributed by atoms with Gasteiger partial charge in [-0.05, 0) is 25.8 Å². The SMILES string of the molecule is Cc1ccnc(N2CCC(N3CC(C(N)=O)CC3=O)CC2)n1. The maximum atomic E-state index is 12.1. The van der Waals surface area contributed by atoms with Crippen molar-refractivity contribution in [2.45, 2.75) is 32.2 Å². The minimum Gasteiger partial charge on any atom is -0.369 e. The maximum absolute atomic E-state index is 12.1. The molecule has 22 heavy (non-hydrogen) atoms. The van der Waals surface area contributed by atoms with Gasteiger partial charge in [-0.15, -0.1) is 0 Å². The number of carbonyl (C=O) groups excluding carboxylic acids is 2. The second-order valence-corrected chi connectivity index (χ2v) is 6.07. The molecule has 7 nitrogen and oxygen atoms in total. The van der Waals surface area contributed by atoms with Crippen LogP contribution in [0.4, 0.5) is 5.95 Å². The van der Waals surface area contributed by atoms with Crippen LogP contribution in [0, 0.1) is 12.8 Å². The molecule has 2 fully saturated rings. The van der Waals surface area contributed by atoms with E-state index >= 15 is 0 Å². The summed E-state index contributed by atoms with van der Waals surface area (Å²) in [5.41, 5.74) is 6.27. The van der Waals surface area contributed by atoms with Crippen LogP contribution in [0.25, 0.3) is 0 Å². The van der Waals surface area contributed by atoms with Gasteiger partial charge in [-0.3, -0.25) is 9.59 Å². The molecule has 0 aromatic carbocycles. The number of aryl methyl sites for hydroxylation is 1. The van der Waals surface area contributed by atoms with Crippen molar-refractivity contribution in [3.8, 4) is 0 Å². The van der Waals surface area contributed by atoms with E-state index < -0.39 is 0 Å². The fourth-order valence-corrected chi connectivity index (χ4v) is 3.24. The Bertz CT molecular complexity index is 583. The third-order valence-corrected chi connectivity index (χ3v) is 4.53. The molecule has 7 heteroatoms. The number of nitrogens with zero attached hydrogens (tertiary/aromatic N) is 4. The average Bonchev–Trinajstić information content (AvgIpc) is 2.90. The molecule has 2 amide bonds. The highest BCUT2D eigenvalue weighted by Gasteiger charge is 2.38. The highest BCUT2D eigenvalue weighted by atomic mass is 16.2. The van der Waals surface area contributed by atoms with E-state index in [0.717, 1.165) is 37.6 Å². The van der Waals surface area contributed by atoms with E-state index in [1.807, 2.05) is 17.9 Å². The monoisotopic (exact) mass is 303 g/mol. The van der Waals surface area contributed by atoms with Gasteiger partial charge < -0.3 is 15.5 Å². The van der Waals surface area contributed by atoms with Crippen LogP contribution >= 0.6 is 0 Å². The molecule has 118 valence electrons. The van der Waals surface area contributed by atoms with E-state index in [4.69, 9.17) is 5.73 Å². The molecule has 1 atom stereocenters. The Morgan fingerprint density at radius 1 is 1.36 bits per heavy atom. The first-order valence-corrected chi connectivity index (χ1v) is 7.68. The lowest BCUT2D eigenvalue weighted by molar-refractivity contribution is -0.130. The maximum Gasteiger partial charge on any atom is 0.225 e. The third kappa shape index (κ3) is 2.88. The van der Waals surface area contributed by atoms with Gasteiger partial charge in [0.2, 0.25) is 17.8 Å². The number of nitrogens with two attached hydrogens (primary N) is 1. The van der Waals surface area contributed by atoms with Gasteiger partial charge in [-0.2, -0.15) is 0 Å². The smallest absolute Gasteiger partial charge is 0.225 e. The summed E-state index contributed by atoms with van der Waals surface area (Å²) < 4.78 is 0. The zero-order valence-corrected chi connectivity index (χ0v) is 12.7. The summed E-state index contributed by atoms with van der Waals surface area (Å²) in [5, 5.41) is 0. The molecule has 2 aliphatic rings. The molecule has 3 heterocycles. The molecular formula is C15H21N5O2. The quantitative estimate of drug-likeness (QED) is 0.854. The van der Waals surface area contributed by atoms with Crippen molar-refractivity contribution in [1.82, 2.24) is 14.9 Å². The summed E-state index contributed by atoms with van der Waals surface area (Å²) in [6, 6.07) is 2.07. The van der Waals surface area contributed by atoms with Crippen LogP contribution in [0.1, 0.15) is 25.0 Å². The fraction of sp³-hybridized carbons (Fsp3) is 0.600. The zero-order valence-electron chi connectivity index (χ0n) is 12.7. The first-order chi connectivity index (χ1) is 10.5. The molecule has 0 aliphatic carbocycles. The van der Waals surface area contributed by atoms with E-state index in [1.165, 1.54) is 0 Å². The molecule has 2 N–H and O–H groups in total. The Hall–Kier alpha value is -2.18. The normalized spacial score (nSPS) is 23.1. The van der Waals surface area contributed by atoms with Crippen LogP contribution in [0.3, 0.4) is 0 Å². The summed E-state index contributed by atoms with van der Waals surface area (Å²) in [5.74, 6) is 0.0994. The summed E-state index contributed by atoms with van der Waals surface area (Å²) in [6.45, 7) is 4.06. The second kappa shape index (κ2) is 5.90. The van der Waals surface area contributed by atoms with Crippen molar-refractivity contribution in [3.63, 3.8) is 0 Å². The number of likely N-dealkylation sites (tertiary alicyclic amines) is 1. The molecule has 2 aliphatic heterocycles. The largest absolute Gasteiger partial charge is 0.369 e. The molecule has 0 spiro atoms. The van der Waals surface area contributed by atoms with Gasteiger partial charge in [0.15, 0.2) is 0 Å². The third-order valence-electron chi connectivity index (χ3n) is 4.53. The molecule has 1 aromatic heterocycles. The predicted molar refractivity (Wildman–Crippen MR) is 81.0 cm³/mol. The van der Waals surface area contributed by atoms with Crippen molar-refractivity contribution in [3.05, 3.63) is 18.0 Å². The standard InChI is InChI=1S/C15H21N5O2/c1-10-2-5-17-15(18-10)19-6-3-12(4-7-19)20-9-11(14(16)22)8-13(20)21/h2,5,11-12H,3-4,6-9H2,1H3,(H2,16,22). The van der Waals surface area contributed by atoms with Crippen molar-refractivity contribution in [2.24, 2.45) is 11.7 Å². The van der Waals surface area contributed by atoms with Crippen molar-refractivity contribution >= 4 is 17.8 Å². The highest BCUT2D eigenvalue weighted by molar-refractivity contribution is 5.88. The second-order valence-electron chi connectivity index (χ2n) is 6.07. The number of primary amides is 1. The van der Waals surface area contributed by atoms with Crippen molar-refractivity contribution in [1.29, 1.82) is 0 Å². The zero-order chi connectivity index (χ0) is 15.7.